The van der Waals surface area contributed by atoms with Crippen LogP contribution in [0, 0.1) is 5.82 Å². The Hall–Kier alpha value is -2.89. The number of halogens is 1. The molecule has 1 aromatic heterocycles. The maximum absolute atomic E-state index is 13.2. The number of oxazole rings is 1. The Kier molecular flexibility index (Phi) is 4.49. The van der Waals surface area contributed by atoms with E-state index in [2.05, 4.69) is 0 Å². The Bertz CT molecular complexity index is 1090. The van der Waals surface area contributed by atoms with Crippen LogP contribution in [0.5, 0.6) is 0 Å². The number of carbonyl (C=O) groups excluding carboxylic acids is 1. The minimum Gasteiger partial charge on any atom is -0.408 e. The van der Waals surface area contributed by atoms with E-state index in [-0.39, 0.29) is 30.2 Å². The van der Waals surface area contributed by atoms with Crippen molar-refractivity contribution >= 4 is 17.0 Å². The lowest BCUT2D eigenvalue weighted by Crippen LogP contribution is -2.46. The quantitative estimate of drug-likeness (QED) is 0.671. The number of amides is 1. The van der Waals surface area contributed by atoms with Crippen LogP contribution in [0.25, 0.3) is 11.1 Å². The summed E-state index contributed by atoms with van der Waals surface area (Å²) in [4.78, 5) is 27.2. The summed E-state index contributed by atoms with van der Waals surface area (Å²) >= 11 is 0. The molecule has 2 atom stereocenters. The van der Waals surface area contributed by atoms with Crippen LogP contribution in [0.2, 0.25) is 0 Å². The van der Waals surface area contributed by atoms with E-state index in [0.29, 0.717) is 18.0 Å². The predicted octanol–water partition coefficient (Wildman–Crippen LogP) is 4.06. The first-order valence-electron chi connectivity index (χ1n) is 10.2. The molecule has 2 fully saturated rings. The molecule has 0 aliphatic carbocycles. The van der Waals surface area contributed by atoms with Crippen LogP contribution in [0.4, 0.5) is 4.39 Å². The number of aryl methyl sites for hydroxylation is 1. The molecule has 150 valence electrons. The molecule has 2 bridgehead atoms. The molecule has 0 spiro atoms. The second kappa shape index (κ2) is 7.17. The first kappa shape index (κ1) is 18.2. The third-order valence-corrected chi connectivity index (χ3v) is 6.49. The molecular formula is C23H23FN2O3. The molecule has 6 heteroatoms. The summed E-state index contributed by atoms with van der Waals surface area (Å²) in [5.41, 5.74) is 2.43. The number of rotatable bonds is 4. The first-order valence-corrected chi connectivity index (χ1v) is 10.2. The van der Waals surface area contributed by atoms with Crippen molar-refractivity contribution in [3.63, 3.8) is 0 Å². The molecule has 29 heavy (non-hydrogen) atoms. The monoisotopic (exact) mass is 394 g/mol. The predicted molar refractivity (Wildman–Crippen MR) is 107 cm³/mol. The van der Waals surface area contributed by atoms with Crippen LogP contribution < -0.4 is 5.76 Å². The van der Waals surface area contributed by atoms with Gasteiger partial charge in [-0.25, -0.2) is 9.18 Å². The van der Waals surface area contributed by atoms with Crippen molar-refractivity contribution in [2.24, 2.45) is 0 Å². The Morgan fingerprint density at radius 1 is 1.03 bits per heavy atom. The molecule has 0 saturated carbocycles. The highest BCUT2D eigenvalue weighted by Crippen LogP contribution is 2.43. The number of nitrogens with zero attached hydrogens (tertiary/aromatic N) is 2. The number of aromatic nitrogens is 1. The second-order valence-corrected chi connectivity index (χ2v) is 8.14. The molecule has 2 aliphatic rings. The Labute approximate surface area is 167 Å². The molecule has 0 unspecified atom stereocenters. The van der Waals surface area contributed by atoms with E-state index < -0.39 is 5.76 Å². The van der Waals surface area contributed by atoms with Crippen LogP contribution >= 0.6 is 0 Å². The van der Waals surface area contributed by atoms with Crippen molar-refractivity contribution in [1.82, 2.24) is 9.47 Å². The Morgan fingerprint density at radius 2 is 1.72 bits per heavy atom. The molecule has 2 saturated heterocycles. The van der Waals surface area contributed by atoms with Gasteiger partial charge in [-0.3, -0.25) is 9.36 Å². The lowest BCUT2D eigenvalue weighted by Gasteiger charge is -2.39. The highest BCUT2D eigenvalue weighted by atomic mass is 19.1. The second-order valence-electron chi connectivity index (χ2n) is 8.14. The number of carbonyl (C=O) groups is 1. The van der Waals surface area contributed by atoms with E-state index in [1.54, 1.807) is 10.6 Å². The van der Waals surface area contributed by atoms with Gasteiger partial charge >= 0.3 is 5.76 Å². The number of fused-ring (bicyclic) bond motifs is 3. The molecule has 2 aliphatic heterocycles. The molecule has 0 radical (unpaired) electrons. The Balaban J connectivity index is 1.28. The van der Waals surface area contributed by atoms with Gasteiger partial charge in [0, 0.05) is 25.0 Å². The Morgan fingerprint density at radius 3 is 2.45 bits per heavy atom. The zero-order valence-electron chi connectivity index (χ0n) is 16.1. The number of piperidine rings is 1. The topological polar surface area (TPSA) is 55.5 Å². The molecule has 1 amide bonds. The van der Waals surface area contributed by atoms with Crippen LogP contribution in [0.1, 0.15) is 43.6 Å². The minimum absolute atomic E-state index is 0.104. The van der Waals surface area contributed by atoms with Gasteiger partial charge in [-0.1, -0.05) is 24.3 Å². The zero-order valence-corrected chi connectivity index (χ0v) is 16.1. The lowest BCUT2D eigenvalue weighted by atomic mass is 9.85. The van der Waals surface area contributed by atoms with Crippen molar-refractivity contribution in [1.29, 1.82) is 0 Å². The largest absolute Gasteiger partial charge is 0.419 e. The fourth-order valence-corrected chi connectivity index (χ4v) is 5.15. The molecule has 5 rings (SSSR count). The van der Waals surface area contributed by atoms with E-state index in [9.17, 15) is 14.0 Å². The minimum atomic E-state index is -0.419. The SMILES string of the molecule is O=C(CCn1c(=O)oc2ccccc21)N1[C@@H]2CC[C@@H]1CC(c1ccc(F)cc1)C2. The van der Waals surface area contributed by atoms with Gasteiger partial charge in [-0.15, -0.1) is 0 Å². The van der Waals surface area contributed by atoms with E-state index in [1.165, 1.54) is 12.1 Å². The summed E-state index contributed by atoms with van der Waals surface area (Å²) in [5.74, 6) is -0.159. The van der Waals surface area contributed by atoms with Gasteiger partial charge in [-0.05, 0) is 61.4 Å². The average Bonchev–Trinajstić information content (AvgIpc) is 3.19. The highest BCUT2D eigenvalue weighted by Gasteiger charge is 2.43. The molecule has 2 aromatic carbocycles. The summed E-state index contributed by atoms with van der Waals surface area (Å²) in [6, 6.07) is 14.5. The van der Waals surface area contributed by atoms with Crippen LogP contribution in [0.3, 0.4) is 0 Å². The smallest absolute Gasteiger partial charge is 0.408 e. The molecular weight excluding hydrogens is 371 g/mol. The molecule has 3 aromatic rings. The van der Waals surface area contributed by atoms with Crippen molar-refractivity contribution in [3.8, 4) is 0 Å². The third-order valence-electron chi connectivity index (χ3n) is 6.49. The maximum Gasteiger partial charge on any atom is 0.419 e. The summed E-state index contributed by atoms with van der Waals surface area (Å²) in [7, 11) is 0. The highest BCUT2D eigenvalue weighted by molar-refractivity contribution is 5.78. The third kappa shape index (κ3) is 3.26. The maximum atomic E-state index is 13.2. The van der Waals surface area contributed by atoms with E-state index in [1.807, 2.05) is 35.2 Å². The van der Waals surface area contributed by atoms with Gasteiger partial charge < -0.3 is 9.32 Å². The molecule has 3 heterocycles. The van der Waals surface area contributed by atoms with Crippen molar-refractivity contribution < 1.29 is 13.6 Å². The fourth-order valence-electron chi connectivity index (χ4n) is 5.15. The fraction of sp³-hybridized carbons (Fsp3) is 0.391. The summed E-state index contributed by atoms with van der Waals surface area (Å²) in [6.07, 6.45) is 4.16. The summed E-state index contributed by atoms with van der Waals surface area (Å²) < 4.78 is 20.0. The number of hydrogen-bond acceptors (Lipinski definition) is 3. The van der Waals surface area contributed by atoms with Crippen molar-refractivity contribution in [3.05, 3.63) is 70.5 Å². The first-order chi connectivity index (χ1) is 14.1. The van der Waals surface area contributed by atoms with Crippen LogP contribution in [-0.4, -0.2) is 27.5 Å². The summed E-state index contributed by atoms with van der Waals surface area (Å²) in [5, 5.41) is 0. The van der Waals surface area contributed by atoms with Gasteiger partial charge in [0.1, 0.15) is 5.82 Å². The van der Waals surface area contributed by atoms with Gasteiger partial charge in [0.2, 0.25) is 5.91 Å². The summed E-state index contributed by atoms with van der Waals surface area (Å²) in [6.45, 7) is 0.325. The van der Waals surface area contributed by atoms with Crippen molar-refractivity contribution in [2.45, 2.75) is 56.7 Å². The van der Waals surface area contributed by atoms with E-state index in [0.717, 1.165) is 36.8 Å². The number of hydrogen-bond donors (Lipinski definition) is 0. The van der Waals surface area contributed by atoms with E-state index in [4.69, 9.17) is 4.42 Å². The molecule has 5 nitrogen and oxygen atoms in total. The zero-order chi connectivity index (χ0) is 20.0. The molecule has 0 N–H and O–H groups in total. The lowest BCUT2D eigenvalue weighted by molar-refractivity contribution is -0.136. The van der Waals surface area contributed by atoms with Gasteiger partial charge in [0.05, 0.1) is 5.52 Å². The average molecular weight is 394 g/mol. The van der Waals surface area contributed by atoms with Gasteiger partial charge in [0.25, 0.3) is 0 Å². The van der Waals surface area contributed by atoms with Crippen LogP contribution in [-0.2, 0) is 11.3 Å². The van der Waals surface area contributed by atoms with E-state index >= 15 is 0 Å². The van der Waals surface area contributed by atoms with Gasteiger partial charge in [0.15, 0.2) is 5.58 Å². The standard InChI is InChI=1S/C23H23FN2O3/c24-17-7-5-15(6-8-17)16-13-18-9-10-19(14-16)26(18)22(27)11-12-25-20-3-1-2-4-21(20)29-23(25)28/h1-8,16,18-19H,9-14H2/t18-,19-/m1/s1. The normalized spacial score (nSPS) is 23.6. The van der Waals surface area contributed by atoms with Crippen LogP contribution in [0.15, 0.2) is 57.7 Å². The van der Waals surface area contributed by atoms with Gasteiger partial charge in [-0.2, -0.15) is 0 Å². The number of para-hydroxylation sites is 2. The van der Waals surface area contributed by atoms with Crippen molar-refractivity contribution in [2.75, 3.05) is 0 Å². The number of benzene rings is 2.